The summed E-state index contributed by atoms with van der Waals surface area (Å²) in [6.45, 7) is 4.95. The zero-order valence-corrected chi connectivity index (χ0v) is 9.08. The van der Waals surface area contributed by atoms with Crippen molar-refractivity contribution in [2.75, 3.05) is 11.9 Å². The monoisotopic (exact) mass is 213 g/mol. The molecule has 1 aliphatic heterocycles. The van der Waals surface area contributed by atoms with Crippen molar-refractivity contribution in [1.82, 2.24) is 0 Å². The maximum atomic E-state index is 13.6. The molecule has 0 unspecified atom stereocenters. The molecule has 0 spiro atoms. The number of halogens is 2. The molecule has 1 nitrogen and oxygen atoms in total. The Morgan fingerprint density at radius 2 is 2.14 bits per heavy atom. The summed E-state index contributed by atoms with van der Waals surface area (Å²) in [6, 6.07) is 3.04. The lowest BCUT2D eigenvalue weighted by atomic mass is 9.78. The summed E-state index contributed by atoms with van der Waals surface area (Å²) >= 11 is 6.01. The number of fused-ring (bicyclic) bond motifs is 1. The molecule has 1 aliphatic rings. The molecule has 0 saturated heterocycles. The summed E-state index contributed by atoms with van der Waals surface area (Å²) < 4.78 is 13.6. The first-order valence-electron chi connectivity index (χ1n) is 4.75. The quantitative estimate of drug-likeness (QED) is 0.695. The van der Waals surface area contributed by atoms with Crippen LogP contribution in [0.2, 0.25) is 5.02 Å². The van der Waals surface area contributed by atoms with E-state index in [-0.39, 0.29) is 11.2 Å². The Morgan fingerprint density at radius 1 is 1.43 bits per heavy atom. The first kappa shape index (κ1) is 9.78. The van der Waals surface area contributed by atoms with Crippen LogP contribution in [0.5, 0.6) is 0 Å². The zero-order chi connectivity index (χ0) is 10.3. The highest BCUT2D eigenvalue weighted by Crippen LogP contribution is 2.41. The van der Waals surface area contributed by atoms with Gasteiger partial charge in [0.25, 0.3) is 0 Å². The van der Waals surface area contributed by atoms with Crippen LogP contribution in [0.15, 0.2) is 12.1 Å². The molecule has 1 heterocycles. The van der Waals surface area contributed by atoms with Gasteiger partial charge in [-0.15, -0.1) is 0 Å². The van der Waals surface area contributed by atoms with E-state index in [1.54, 1.807) is 6.07 Å². The molecule has 2 rings (SSSR count). The van der Waals surface area contributed by atoms with Crippen LogP contribution in [0.3, 0.4) is 0 Å². The molecule has 14 heavy (non-hydrogen) atoms. The van der Waals surface area contributed by atoms with Crippen molar-refractivity contribution in [3.63, 3.8) is 0 Å². The van der Waals surface area contributed by atoms with Crippen molar-refractivity contribution in [2.24, 2.45) is 0 Å². The number of hydrogen-bond donors (Lipinski definition) is 1. The lowest BCUT2D eigenvalue weighted by Crippen LogP contribution is -2.29. The van der Waals surface area contributed by atoms with E-state index in [9.17, 15) is 4.39 Å². The van der Waals surface area contributed by atoms with Crippen molar-refractivity contribution in [3.05, 3.63) is 28.5 Å². The number of hydrogen-bond acceptors (Lipinski definition) is 1. The van der Waals surface area contributed by atoms with Crippen molar-refractivity contribution in [2.45, 2.75) is 25.7 Å². The largest absolute Gasteiger partial charge is 0.383 e. The molecule has 0 bridgehead atoms. The average molecular weight is 214 g/mol. The van der Waals surface area contributed by atoms with Gasteiger partial charge < -0.3 is 5.32 Å². The van der Waals surface area contributed by atoms with Gasteiger partial charge in [-0.05, 0) is 24.0 Å². The van der Waals surface area contributed by atoms with Gasteiger partial charge in [0.2, 0.25) is 0 Å². The molecule has 3 heteroatoms. The van der Waals surface area contributed by atoms with Crippen LogP contribution in [-0.4, -0.2) is 6.54 Å². The molecule has 0 saturated carbocycles. The Labute approximate surface area is 88.3 Å². The van der Waals surface area contributed by atoms with E-state index in [2.05, 4.69) is 5.32 Å². The minimum Gasteiger partial charge on any atom is -0.383 e. The third-order valence-corrected chi connectivity index (χ3v) is 3.15. The van der Waals surface area contributed by atoms with Crippen LogP contribution in [0.25, 0.3) is 0 Å². The van der Waals surface area contributed by atoms with Crippen LogP contribution in [0.1, 0.15) is 25.8 Å². The molecule has 1 aromatic rings. The summed E-state index contributed by atoms with van der Waals surface area (Å²) in [5.74, 6) is -0.165. The Morgan fingerprint density at radius 3 is 2.79 bits per heavy atom. The number of rotatable bonds is 0. The van der Waals surface area contributed by atoms with Gasteiger partial charge in [0, 0.05) is 12.1 Å². The summed E-state index contributed by atoms with van der Waals surface area (Å²) in [5, 5.41) is 3.76. The molecule has 0 aromatic heterocycles. The molecule has 76 valence electrons. The molecule has 0 fully saturated rings. The predicted octanol–water partition coefficient (Wildman–Crippen LogP) is 3.57. The maximum Gasteiger partial charge on any atom is 0.129 e. The second-order valence-corrected chi connectivity index (χ2v) is 4.75. The van der Waals surface area contributed by atoms with Gasteiger partial charge >= 0.3 is 0 Å². The molecular weight excluding hydrogens is 201 g/mol. The van der Waals surface area contributed by atoms with Crippen LogP contribution in [-0.2, 0) is 5.41 Å². The van der Waals surface area contributed by atoms with Gasteiger partial charge in [-0.2, -0.15) is 0 Å². The third-order valence-electron chi connectivity index (χ3n) is 2.83. The van der Waals surface area contributed by atoms with Crippen molar-refractivity contribution in [3.8, 4) is 0 Å². The van der Waals surface area contributed by atoms with Crippen molar-refractivity contribution >= 4 is 17.3 Å². The molecule has 0 aliphatic carbocycles. The topological polar surface area (TPSA) is 12.0 Å². The number of benzene rings is 1. The van der Waals surface area contributed by atoms with Gasteiger partial charge in [-0.3, -0.25) is 0 Å². The maximum absolute atomic E-state index is 13.6. The van der Waals surface area contributed by atoms with E-state index in [4.69, 9.17) is 11.6 Å². The minimum absolute atomic E-state index is 0.129. The van der Waals surface area contributed by atoms with Gasteiger partial charge in [0.1, 0.15) is 5.82 Å². The summed E-state index contributed by atoms with van der Waals surface area (Å²) in [5.41, 5.74) is 1.36. The van der Waals surface area contributed by atoms with Crippen LogP contribution in [0, 0.1) is 5.82 Å². The lowest BCUT2D eigenvalue weighted by molar-refractivity contribution is 0.450. The van der Waals surface area contributed by atoms with Gasteiger partial charge in [-0.25, -0.2) is 4.39 Å². The standard InChI is InChI=1S/C11H13ClFN/c1-11(2)5-6-14-10-7(12)3-4-8(13)9(10)11/h3-4,14H,5-6H2,1-2H3. The molecular formula is C11H13ClFN. The summed E-state index contributed by atoms with van der Waals surface area (Å²) in [6.07, 6.45) is 0.928. The Bertz CT molecular complexity index is 374. The Balaban J connectivity index is 2.67. The Kier molecular flexibility index (Phi) is 2.18. The van der Waals surface area contributed by atoms with Gasteiger partial charge in [0.15, 0.2) is 0 Å². The fraction of sp³-hybridized carbons (Fsp3) is 0.455. The van der Waals surface area contributed by atoms with Crippen LogP contribution in [0.4, 0.5) is 10.1 Å². The van der Waals surface area contributed by atoms with Gasteiger partial charge in [-0.1, -0.05) is 25.4 Å². The second kappa shape index (κ2) is 3.13. The minimum atomic E-state index is -0.165. The molecule has 0 radical (unpaired) electrons. The summed E-state index contributed by atoms with van der Waals surface area (Å²) in [4.78, 5) is 0. The smallest absolute Gasteiger partial charge is 0.129 e. The average Bonchev–Trinajstić information content (AvgIpc) is 2.10. The molecule has 1 aromatic carbocycles. The van der Waals surface area contributed by atoms with E-state index < -0.39 is 0 Å². The fourth-order valence-electron chi connectivity index (χ4n) is 2.01. The van der Waals surface area contributed by atoms with Crippen molar-refractivity contribution < 1.29 is 4.39 Å². The fourth-order valence-corrected chi connectivity index (χ4v) is 2.24. The van der Waals surface area contributed by atoms with E-state index in [0.29, 0.717) is 5.02 Å². The zero-order valence-electron chi connectivity index (χ0n) is 8.32. The highest BCUT2D eigenvalue weighted by Gasteiger charge is 2.31. The van der Waals surface area contributed by atoms with E-state index >= 15 is 0 Å². The lowest BCUT2D eigenvalue weighted by Gasteiger charge is -2.34. The van der Waals surface area contributed by atoms with E-state index in [1.807, 2.05) is 13.8 Å². The Hall–Kier alpha value is -0.760. The normalized spacial score (nSPS) is 18.6. The molecule has 0 atom stereocenters. The predicted molar refractivity (Wildman–Crippen MR) is 57.5 cm³/mol. The molecule has 1 N–H and O–H groups in total. The first-order valence-corrected chi connectivity index (χ1v) is 5.12. The van der Waals surface area contributed by atoms with E-state index in [1.165, 1.54) is 6.07 Å². The van der Waals surface area contributed by atoms with Gasteiger partial charge in [0.05, 0.1) is 10.7 Å². The van der Waals surface area contributed by atoms with Crippen LogP contribution >= 0.6 is 11.6 Å². The third kappa shape index (κ3) is 1.38. The van der Waals surface area contributed by atoms with Crippen LogP contribution < -0.4 is 5.32 Å². The highest BCUT2D eigenvalue weighted by atomic mass is 35.5. The first-order chi connectivity index (χ1) is 6.52. The second-order valence-electron chi connectivity index (χ2n) is 4.34. The number of anilines is 1. The molecule has 0 amide bonds. The summed E-state index contributed by atoms with van der Waals surface area (Å²) in [7, 11) is 0. The SMILES string of the molecule is CC1(C)CCNc2c(Cl)ccc(F)c21. The highest BCUT2D eigenvalue weighted by molar-refractivity contribution is 6.33. The van der Waals surface area contributed by atoms with Crippen molar-refractivity contribution in [1.29, 1.82) is 0 Å². The van der Waals surface area contributed by atoms with E-state index in [0.717, 1.165) is 24.2 Å². The number of nitrogens with one attached hydrogen (secondary N) is 1.